The van der Waals surface area contributed by atoms with Crippen LogP contribution in [0.25, 0.3) is 0 Å². The molecule has 0 spiro atoms. The summed E-state index contributed by atoms with van der Waals surface area (Å²) in [5.41, 5.74) is 0.295. The Bertz CT molecular complexity index is 354. The molecule has 1 rings (SSSR count). The molecule has 0 aliphatic rings. The molecule has 0 radical (unpaired) electrons. The molecule has 0 atom stereocenters. The average Bonchev–Trinajstić information content (AvgIpc) is 2.26. The Kier molecular flexibility index (Phi) is 3.30. The summed E-state index contributed by atoms with van der Waals surface area (Å²) in [4.78, 5) is 21.9. The molecule has 0 heterocycles. The standard InChI is InChI=1S/C9H8FNO3/c1-11(14-10)9(13)8-5-3-2-4-7(8)6-12/h2-6H,1H3. The van der Waals surface area contributed by atoms with Crippen molar-refractivity contribution in [1.29, 1.82) is 0 Å². The van der Waals surface area contributed by atoms with Gasteiger partial charge in [0.25, 0.3) is 5.91 Å². The van der Waals surface area contributed by atoms with Crippen molar-refractivity contribution in [3.8, 4) is 0 Å². The molecule has 4 nitrogen and oxygen atoms in total. The van der Waals surface area contributed by atoms with Crippen LogP contribution in [0.3, 0.4) is 0 Å². The predicted octanol–water partition coefficient (Wildman–Crippen LogP) is 1.39. The molecular formula is C9H8FNO3. The summed E-state index contributed by atoms with van der Waals surface area (Å²) in [6.07, 6.45) is 0.527. The second-order valence-electron chi connectivity index (χ2n) is 2.58. The molecular weight excluding hydrogens is 189 g/mol. The summed E-state index contributed by atoms with van der Waals surface area (Å²) in [6, 6.07) is 6.07. The van der Waals surface area contributed by atoms with Gasteiger partial charge in [-0.05, 0) is 10.6 Å². The lowest BCUT2D eigenvalue weighted by molar-refractivity contribution is -0.282. The molecule has 0 bridgehead atoms. The average molecular weight is 197 g/mol. The van der Waals surface area contributed by atoms with Gasteiger partial charge < -0.3 is 0 Å². The summed E-state index contributed by atoms with van der Waals surface area (Å²) < 4.78 is 11.7. The van der Waals surface area contributed by atoms with E-state index in [0.717, 1.165) is 7.05 Å². The summed E-state index contributed by atoms with van der Waals surface area (Å²) in [7, 11) is 1.11. The molecule has 0 aliphatic carbocycles. The number of hydroxylamine groups is 2. The van der Waals surface area contributed by atoms with Gasteiger partial charge in [0.15, 0.2) is 6.29 Å². The minimum atomic E-state index is -0.713. The Labute approximate surface area is 79.7 Å². The highest BCUT2D eigenvalue weighted by Crippen LogP contribution is 2.09. The number of rotatable bonds is 3. The molecule has 14 heavy (non-hydrogen) atoms. The van der Waals surface area contributed by atoms with Crippen molar-refractivity contribution in [2.24, 2.45) is 0 Å². The minimum absolute atomic E-state index is 0.0997. The highest BCUT2D eigenvalue weighted by Gasteiger charge is 2.15. The number of benzene rings is 1. The summed E-state index contributed by atoms with van der Waals surface area (Å²) in [5, 5.41) is 3.64. The zero-order valence-electron chi connectivity index (χ0n) is 7.44. The molecule has 0 fully saturated rings. The monoisotopic (exact) mass is 197 g/mol. The third kappa shape index (κ3) is 1.94. The number of aldehydes is 1. The van der Waals surface area contributed by atoms with Crippen molar-refractivity contribution in [1.82, 2.24) is 5.06 Å². The van der Waals surface area contributed by atoms with Crippen LogP contribution in [0.2, 0.25) is 0 Å². The van der Waals surface area contributed by atoms with Gasteiger partial charge in [-0.15, -0.1) is 0 Å². The van der Waals surface area contributed by atoms with Crippen LogP contribution in [0.1, 0.15) is 20.7 Å². The maximum absolute atomic E-state index is 11.7. The number of hydrogen-bond donors (Lipinski definition) is 0. The fourth-order valence-corrected chi connectivity index (χ4v) is 0.996. The molecule has 0 saturated carbocycles. The van der Waals surface area contributed by atoms with Gasteiger partial charge in [-0.25, -0.2) is 0 Å². The molecule has 1 aromatic rings. The Balaban J connectivity index is 3.05. The fraction of sp³-hybridized carbons (Fsp3) is 0.111. The van der Waals surface area contributed by atoms with Crippen molar-refractivity contribution in [3.63, 3.8) is 0 Å². The highest BCUT2D eigenvalue weighted by atomic mass is 19.3. The first kappa shape index (κ1) is 10.3. The molecule has 74 valence electrons. The first-order chi connectivity index (χ1) is 6.70. The third-order valence-electron chi connectivity index (χ3n) is 1.71. The van der Waals surface area contributed by atoms with E-state index in [-0.39, 0.29) is 11.1 Å². The number of hydrogen-bond acceptors (Lipinski definition) is 3. The topological polar surface area (TPSA) is 46.6 Å². The number of halogens is 1. The molecule has 0 N–H and O–H groups in total. The first-order valence-corrected chi connectivity index (χ1v) is 3.81. The molecule has 0 saturated heterocycles. The van der Waals surface area contributed by atoms with Gasteiger partial charge in [-0.3, -0.25) is 9.59 Å². The van der Waals surface area contributed by atoms with Crippen LogP contribution in [-0.2, 0) is 5.04 Å². The Morgan fingerprint density at radius 3 is 2.71 bits per heavy atom. The van der Waals surface area contributed by atoms with Crippen LogP contribution in [0.4, 0.5) is 4.53 Å². The van der Waals surface area contributed by atoms with E-state index in [1.54, 1.807) is 12.1 Å². The van der Waals surface area contributed by atoms with Gasteiger partial charge in [0.05, 0.1) is 5.56 Å². The smallest absolute Gasteiger partial charge is 0.280 e. The quantitative estimate of drug-likeness (QED) is 0.543. The molecule has 0 unspecified atom stereocenters. The Hall–Kier alpha value is -1.75. The van der Waals surface area contributed by atoms with E-state index in [1.807, 2.05) is 0 Å². The molecule has 5 heteroatoms. The maximum Gasteiger partial charge on any atom is 0.280 e. The van der Waals surface area contributed by atoms with Gasteiger partial charge in [-0.1, -0.05) is 23.2 Å². The highest BCUT2D eigenvalue weighted by molar-refractivity contribution is 6.00. The number of amides is 1. The normalized spacial score (nSPS) is 9.57. The minimum Gasteiger partial charge on any atom is -0.298 e. The van der Waals surface area contributed by atoms with Crippen molar-refractivity contribution >= 4 is 12.2 Å². The van der Waals surface area contributed by atoms with Gasteiger partial charge in [0, 0.05) is 12.6 Å². The lowest BCUT2D eigenvalue weighted by atomic mass is 10.1. The maximum atomic E-state index is 11.7. The van der Waals surface area contributed by atoms with Crippen LogP contribution < -0.4 is 0 Å². The van der Waals surface area contributed by atoms with E-state index in [2.05, 4.69) is 5.04 Å². The molecule has 0 aromatic heterocycles. The molecule has 0 aliphatic heterocycles. The number of carbonyl (C=O) groups excluding carboxylic acids is 2. The Morgan fingerprint density at radius 1 is 1.50 bits per heavy atom. The van der Waals surface area contributed by atoms with Crippen molar-refractivity contribution in [2.75, 3.05) is 7.05 Å². The first-order valence-electron chi connectivity index (χ1n) is 3.81. The van der Waals surface area contributed by atoms with Gasteiger partial charge in [-0.2, -0.15) is 5.06 Å². The fourth-order valence-electron chi connectivity index (χ4n) is 0.996. The summed E-state index contributed by atoms with van der Waals surface area (Å²) in [5.74, 6) is -0.713. The Morgan fingerprint density at radius 2 is 2.14 bits per heavy atom. The van der Waals surface area contributed by atoms with E-state index in [1.165, 1.54) is 12.1 Å². The SMILES string of the molecule is CN(OF)C(=O)c1ccccc1C=O. The molecule has 1 aromatic carbocycles. The zero-order valence-corrected chi connectivity index (χ0v) is 7.44. The van der Waals surface area contributed by atoms with Crippen LogP contribution in [0, 0.1) is 0 Å². The second-order valence-corrected chi connectivity index (χ2v) is 2.58. The van der Waals surface area contributed by atoms with Crippen LogP contribution in [-0.4, -0.2) is 24.3 Å². The van der Waals surface area contributed by atoms with Crippen molar-refractivity contribution in [2.45, 2.75) is 0 Å². The third-order valence-corrected chi connectivity index (χ3v) is 1.71. The summed E-state index contributed by atoms with van der Waals surface area (Å²) in [6.45, 7) is 0. The van der Waals surface area contributed by atoms with E-state index in [4.69, 9.17) is 0 Å². The van der Waals surface area contributed by atoms with E-state index in [0.29, 0.717) is 11.3 Å². The van der Waals surface area contributed by atoms with Crippen LogP contribution >= 0.6 is 0 Å². The zero-order chi connectivity index (χ0) is 10.6. The van der Waals surface area contributed by atoms with Crippen LogP contribution in [0.15, 0.2) is 24.3 Å². The van der Waals surface area contributed by atoms with Crippen molar-refractivity contribution in [3.05, 3.63) is 35.4 Å². The second kappa shape index (κ2) is 4.48. The van der Waals surface area contributed by atoms with E-state index < -0.39 is 5.91 Å². The van der Waals surface area contributed by atoms with Gasteiger partial charge in [0.2, 0.25) is 0 Å². The lowest BCUT2D eigenvalue weighted by Gasteiger charge is -2.10. The number of carbonyl (C=O) groups is 2. The van der Waals surface area contributed by atoms with E-state index >= 15 is 0 Å². The largest absolute Gasteiger partial charge is 0.298 e. The predicted molar refractivity (Wildman–Crippen MR) is 46.1 cm³/mol. The van der Waals surface area contributed by atoms with Gasteiger partial charge >= 0.3 is 0 Å². The summed E-state index contributed by atoms with van der Waals surface area (Å²) >= 11 is 0. The number of nitrogens with zero attached hydrogens (tertiary/aromatic N) is 1. The molecule has 1 amide bonds. The van der Waals surface area contributed by atoms with Crippen LogP contribution in [0.5, 0.6) is 0 Å². The van der Waals surface area contributed by atoms with Gasteiger partial charge in [0.1, 0.15) is 0 Å². The van der Waals surface area contributed by atoms with Crippen molar-refractivity contribution < 1.29 is 19.2 Å². The lowest BCUT2D eigenvalue weighted by Crippen LogP contribution is -2.25. The van der Waals surface area contributed by atoms with E-state index in [9.17, 15) is 14.1 Å².